The maximum absolute atomic E-state index is 13.7. The molecule has 0 aliphatic heterocycles. The third-order valence-electron chi connectivity index (χ3n) is 2.81. The van der Waals surface area contributed by atoms with E-state index in [-0.39, 0.29) is 12.1 Å². The van der Waals surface area contributed by atoms with Gasteiger partial charge in [-0.05, 0) is 24.1 Å². The zero-order valence-electron chi connectivity index (χ0n) is 10.4. The van der Waals surface area contributed by atoms with E-state index in [1.165, 1.54) is 13.0 Å². The first kappa shape index (κ1) is 13.2. The smallest absolute Gasteiger partial charge is 0.257 e. The highest BCUT2D eigenvalue weighted by Gasteiger charge is 2.18. The fraction of sp³-hybridized carbons (Fsp3) is 0.133. The van der Waals surface area contributed by atoms with Crippen molar-refractivity contribution in [3.8, 4) is 0 Å². The average molecular weight is 261 g/mol. The van der Waals surface area contributed by atoms with Gasteiger partial charge in [0.05, 0.1) is 0 Å². The van der Waals surface area contributed by atoms with Gasteiger partial charge in [-0.3, -0.25) is 4.79 Å². The summed E-state index contributed by atoms with van der Waals surface area (Å²) in [6, 6.07) is 11.6. The van der Waals surface area contributed by atoms with Crippen LogP contribution in [0.3, 0.4) is 0 Å². The van der Waals surface area contributed by atoms with E-state index in [2.05, 4.69) is 5.32 Å². The van der Waals surface area contributed by atoms with Gasteiger partial charge in [-0.15, -0.1) is 0 Å². The second-order valence-electron chi connectivity index (χ2n) is 4.22. The molecular weight excluding hydrogens is 248 g/mol. The van der Waals surface area contributed by atoms with E-state index in [1.807, 2.05) is 30.3 Å². The maximum atomic E-state index is 13.7. The third kappa shape index (κ3) is 2.96. The molecule has 2 aromatic rings. The van der Waals surface area contributed by atoms with E-state index in [9.17, 15) is 13.6 Å². The Hall–Kier alpha value is -2.23. The zero-order valence-corrected chi connectivity index (χ0v) is 10.4. The molecule has 0 aliphatic carbocycles. The fourth-order valence-corrected chi connectivity index (χ4v) is 1.73. The lowest BCUT2D eigenvalue weighted by molar-refractivity contribution is 0.0942. The van der Waals surface area contributed by atoms with Crippen molar-refractivity contribution >= 4 is 5.91 Å². The molecule has 2 rings (SSSR count). The number of nitrogens with one attached hydrogen (secondary N) is 1. The van der Waals surface area contributed by atoms with Gasteiger partial charge in [0.1, 0.15) is 17.2 Å². The molecule has 0 saturated carbocycles. The number of carbonyl (C=O) groups excluding carboxylic acids is 1. The van der Waals surface area contributed by atoms with Crippen molar-refractivity contribution < 1.29 is 13.6 Å². The Labute approximate surface area is 110 Å². The summed E-state index contributed by atoms with van der Waals surface area (Å²) < 4.78 is 27.2. The molecule has 2 nitrogen and oxygen atoms in total. The number of hydrogen-bond donors (Lipinski definition) is 1. The van der Waals surface area contributed by atoms with Crippen molar-refractivity contribution in [3.63, 3.8) is 0 Å². The maximum Gasteiger partial charge on any atom is 0.257 e. The molecular formula is C15H13F2NO. The van der Waals surface area contributed by atoms with Crippen molar-refractivity contribution in [2.24, 2.45) is 0 Å². The zero-order chi connectivity index (χ0) is 13.8. The minimum atomic E-state index is -0.853. The molecule has 0 aromatic heterocycles. The summed E-state index contributed by atoms with van der Waals surface area (Å²) in [5.74, 6) is -2.42. The Balaban J connectivity index is 2.15. The molecule has 0 aliphatic rings. The Morgan fingerprint density at radius 1 is 1.11 bits per heavy atom. The quantitative estimate of drug-likeness (QED) is 0.903. The second kappa shape index (κ2) is 5.61. The molecule has 98 valence electrons. The third-order valence-corrected chi connectivity index (χ3v) is 2.81. The number of rotatable bonds is 3. The molecule has 0 bridgehead atoms. The minimum absolute atomic E-state index is 0.229. The van der Waals surface area contributed by atoms with Crippen LogP contribution in [0, 0.1) is 18.6 Å². The first-order valence-electron chi connectivity index (χ1n) is 5.86. The molecule has 1 N–H and O–H groups in total. The van der Waals surface area contributed by atoms with E-state index in [4.69, 9.17) is 0 Å². The molecule has 0 unspecified atom stereocenters. The van der Waals surface area contributed by atoms with Crippen molar-refractivity contribution in [2.45, 2.75) is 13.5 Å². The van der Waals surface area contributed by atoms with Crippen LogP contribution in [0.1, 0.15) is 21.5 Å². The highest BCUT2D eigenvalue weighted by atomic mass is 19.1. The molecule has 1 amide bonds. The molecule has 0 saturated heterocycles. The molecule has 0 atom stereocenters. The number of carbonyl (C=O) groups is 1. The molecule has 0 fully saturated rings. The summed E-state index contributed by atoms with van der Waals surface area (Å²) in [7, 11) is 0. The van der Waals surface area contributed by atoms with Gasteiger partial charge in [-0.1, -0.05) is 36.4 Å². The van der Waals surface area contributed by atoms with E-state index in [1.54, 1.807) is 0 Å². The van der Waals surface area contributed by atoms with Crippen molar-refractivity contribution in [2.75, 3.05) is 0 Å². The number of amides is 1. The van der Waals surface area contributed by atoms with Crippen LogP contribution in [-0.2, 0) is 6.54 Å². The highest BCUT2D eigenvalue weighted by molar-refractivity contribution is 5.94. The van der Waals surface area contributed by atoms with Crippen LogP contribution in [0.5, 0.6) is 0 Å². The number of halogens is 2. The van der Waals surface area contributed by atoms with Crippen molar-refractivity contribution in [3.05, 3.63) is 70.8 Å². The topological polar surface area (TPSA) is 29.1 Å². The van der Waals surface area contributed by atoms with Gasteiger partial charge in [-0.2, -0.15) is 0 Å². The molecule has 0 radical (unpaired) electrons. The summed E-state index contributed by atoms with van der Waals surface area (Å²) in [4.78, 5) is 11.8. The van der Waals surface area contributed by atoms with Crippen LogP contribution >= 0.6 is 0 Å². The van der Waals surface area contributed by atoms with E-state index in [0.717, 1.165) is 11.6 Å². The van der Waals surface area contributed by atoms with Gasteiger partial charge in [-0.25, -0.2) is 8.78 Å². The first-order chi connectivity index (χ1) is 9.09. The van der Waals surface area contributed by atoms with Gasteiger partial charge in [0.15, 0.2) is 0 Å². The van der Waals surface area contributed by atoms with Crippen molar-refractivity contribution in [1.82, 2.24) is 5.32 Å². The van der Waals surface area contributed by atoms with Crippen LogP contribution in [0.2, 0.25) is 0 Å². The summed E-state index contributed by atoms with van der Waals surface area (Å²) in [6.45, 7) is 1.72. The van der Waals surface area contributed by atoms with Gasteiger partial charge < -0.3 is 5.32 Å². The Morgan fingerprint density at radius 2 is 1.79 bits per heavy atom. The number of aryl methyl sites for hydroxylation is 1. The molecule has 0 heterocycles. The highest BCUT2D eigenvalue weighted by Crippen LogP contribution is 2.16. The summed E-state index contributed by atoms with van der Waals surface area (Å²) in [5.41, 5.74) is 0.575. The van der Waals surface area contributed by atoms with Gasteiger partial charge in [0.25, 0.3) is 5.91 Å². The predicted octanol–water partition coefficient (Wildman–Crippen LogP) is 3.20. The molecule has 4 heteroatoms. The second-order valence-corrected chi connectivity index (χ2v) is 4.22. The molecule has 19 heavy (non-hydrogen) atoms. The Kier molecular flexibility index (Phi) is 3.90. The van der Waals surface area contributed by atoms with Gasteiger partial charge in [0, 0.05) is 6.54 Å². The lowest BCUT2D eigenvalue weighted by atomic mass is 10.1. The number of benzene rings is 2. The van der Waals surface area contributed by atoms with Crippen LogP contribution < -0.4 is 5.32 Å². The number of hydrogen-bond acceptors (Lipinski definition) is 1. The Bertz CT molecular complexity index is 597. The lowest BCUT2D eigenvalue weighted by Crippen LogP contribution is -2.25. The van der Waals surface area contributed by atoms with Crippen LogP contribution in [0.4, 0.5) is 8.78 Å². The first-order valence-corrected chi connectivity index (χ1v) is 5.86. The van der Waals surface area contributed by atoms with Crippen LogP contribution in [0.25, 0.3) is 0 Å². The average Bonchev–Trinajstić information content (AvgIpc) is 2.42. The monoisotopic (exact) mass is 261 g/mol. The summed E-state index contributed by atoms with van der Waals surface area (Å²) in [6.07, 6.45) is 0. The molecule has 2 aromatic carbocycles. The van der Waals surface area contributed by atoms with Gasteiger partial charge in [0.2, 0.25) is 0 Å². The fourth-order valence-electron chi connectivity index (χ4n) is 1.73. The van der Waals surface area contributed by atoms with Gasteiger partial charge >= 0.3 is 0 Å². The lowest BCUT2D eigenvalue weighted by Gasteiger charge is -2.08. The van der Waals surface area contributed by atoms with E-state index < -0.39 is 23.1 Å². The summed E-state index contributed by atoms with van der Waals surface area (Å²) >= 11 is 0. The summed E-state index contributed by atoms with van der Waals surface area (Å²) in [5, 5.41) is 2.51. The Morgan fingerprint density at radius 3 is 2.47 bits per heavy atom. The molecule has 0 spiro atoms. The standard InChI is InChI=1S/C15H13F2NO/c1-10-7-8-12(16)13(14(10)17)15(19)18-9-11-5-3-2-4-6-11/h2-8H,9H2,1H3,(H,18,19). The SMILES string of the molecule is Cc1ccc(F)c(C(=O)NCc2ccccc2)c1F. The predicted molar refractivity (Wildman–Crippen MR) is 68.7 cm³/mol. The van der Waals surface area contributed by atoms with Crippen LogP contribution in [-0.4, -0.2) is 5.91 Å². The van der Waals surface area contributed by atoms with Crippen molar-refractivity contribution in [1.29, 1.82) is 0 Å². The van der Waals surface area contributed by atoms with E-state index in [0.29, 0.717) is 0 Å². The van der Waals surface area contributed by atoms with E-state index >= 15 is 0 Å². The van der Waals surface area contributed by atoms with Crippen LogP contribution in [0.15, 0.2) is 42.5 Å². The largest absolute Gasteiger partial charge is 0.348 e. The normalized spacial score (nSPS) is 10.3. The minimum Gasteiger partial charge on any atom is -0.348 e.